The van der Waals surface area contributed by atoms with Gasteiger partial charge in [0.05, 0.1) is 17.3 Å². The molecule has 29 heavy (non-hydrogen) atoms. The van der Waals surface area contributed by atoms with Gasteiger partial charge in [-0.15, -0.1) is 5.10 Å². The Labute approximate surface area is 163 Å². The summed E-state index contributed by atoms with van der Waals surface area (Å²) >= 11 is 0. The second-order valence-electron chi connectivity index (χ2n) is 6.34. The molecule has 0 saturated heterocycles. The molecule has 4 rings (SSSR count). The summed E-state index contributed by atoms with van der Waals surface area (Å²) in [5, 5.41) is 17.0. The highest BCUT2D eigenvalue weighted by atomic mass is 16.2. The first-order valence-corrected chi connectivity index (χ1v) is 8.92. The van der Waals surface area contributed by atoms with Crippen molar-refractivity contribution in [1.82, 2.24) is 35.3 Å². The highest BCUT2D eigenvalue weighted by Crippen LogP contribution is 2.16. The molecular formula is C19H17N7O3. The van der Waals surface area contributed by atoms with Crippen LogP contribution in [0, 0.1) is 0 Å². The molecule has 0 bridgehead atoms. The van der Waals surface area contributed by atoms with E-state index < -0.39 is 6.04 Å². The van der Waals surface area contributed by atoms with Crippen molar-refractivity contribution in [3.05, 3.63) is 87.2 Å². The number of fused-ring (bicyclic) bond motifs is 1. The van der Waals surface area contributed by atoms with Crippen molar-refractivity contribution < 1.29 is 4.79 Å². The summed E-state index contributed by atoms with van der Waals surface area (Å²) in [6, 6.07) is 14.9. The highest BCUT2D eigenvalue weighted by molar-refractivity contribution is 5.83. The van der Waals surface area contributed by atoms with Crippen LogP contribution < -0.4 is 16.4 Å². The zero-order chi connectivity index (χ0) is 20.2. The van der Waals surface area contributed by atoms with Crippen molar-refractivity contribution in [2.24, 2.45) is 0 Å². The number of carbonyl (C=O) groups is 1. The van der Waals surface area contributed by atoms with E-state index in [1.807, 2.05) is 18.2 Å². The van der Waals surface area contributed by atoms with Gasteiger partial charge >= 0.3 is 0 Å². The molecule has 1 amide bonds. The number of H-pyrrole nitrogens is 1. The van der Waals surface area contributed by atoms with E-state index in [4.69, 9.17) is 0 Å². The van der Waals surface area contributed by atoms with E-state index in [1.54, 1.807) is 36.4 Å². The average Bonchev–Trinajstić information content (AvgIpc) is 3.27. The van der Waals surface area contributed by atoms with Crippen LogP contribution in [-0.2, 0) is 11.3 Å². The number of tetrazole rings is 1. The van der Waals surface area contributed by atoms with Gasteiger partial charge in [-0.1, -0.05) is 42.5 Å². The molecule has 2 N–H and O–H groups in total. The van der Waals surface area contributed by atoms with Crippen molar-refractivity contribution in [1.29, 1.82) is 0 Å². The molecule has 146 valence electrons. The molecule has 10 heteroatoms. The van der Waals surface area contributed by atoms with Gasteiger partial charge in [-0.2, -0.15) is 0 Å². The number of nitrogens with zero attached hydrogens (tertiary/aromatic N) is 5. The number of aromatic nitrogens is 6. The molecule has 4 aromatic rings. The van der Waals surface area contributed by atoms with Crippen LogP contribution in [0.1, 0.15) is 11.6 Å². The quantitative estimate of drug-likeness (QED) is 0.479. The Morgan fingerprint density at radius 3 is 2.48 bits per heavy atom. The number of rotatable bonds is 6. The summed E-state index contributed by atoms with van der Waals surface area (Å²) in [7, 11) is 0. The molecular weight excluding hydrogens is 374 g/mol. The predicted octanol–water partition coefficient (Wildman–Crippen LogP) is 0.0821. The topological polar surface area (TPSA) is 128 Å². The molecule has 0 fully saturated rings. The van der Waals surface area contributed by atoms with Crippen LogP contribution in [0.4, 0.5) is 0 Å². The lowest BCUT2D eigenvalue weighted by atomic mass is 10.1. The number of hydrogen-bond donors (Lipinski definition) is 2. The van der Waals surface area contributed by atoms with Gasteiger partial charge in [0.15, 0.2) is 6.04 Å². The predicted molar refractivity (Wildman–Crippen MR) is 104 cm³/mol. The molecule has 0 aliphatic heterocycles. The number of nitrogens with one attached hydrogen (secondary N) is 2. The number of carbonyl (C=O) groups excluding carboxylic acids is 1. The summed E-state index contributed by atoms with van der Waals surface area (Å²) in [4.78, 5) is 37.5. The molecule has 2 aromatic heterocycles. The summed E-state index contributed by atoms with van der Waals surface area (Å²) in [6.07, 6.45) is 1.36. The molecule has 1 unspecified atom stereocenters. The van der Waals surface area contributed by atoms with Gasteiger partial charge in [0.1, 0.15) is 6.33 Å². The third kappa shape index (κ3) is 3.68. The van der Waals surface area contributed by atoms with Crippen LogP contribution in [0.25, 0.3) is 10.8 Å². The fraction of sp³-hybridized carbons (Fsp3) is 0.158. The van der Waals surface area contributed by atoms with Crippen LogP contribution >= 0.6 is 0 Å². The van der Waals surface area contributed by atoms with Gasteiger partial charge in [0, 0.05) is 6.54 Å². The van der Waals surface area contributed by atoms with Crippen LogP contribution in [0.5, 0.6) is 0 Å². The minimum Gasteiger partial charge on any atom is -0.352 e. The maximum atomic E-state index is 12.8. The Balaban J connectivity index is 1.52. The zero-order valence-corrected chi connectivity index (χ0v) is 15.2. The van der Waals surface area contributed by atoms with Crippen molar-refractivity contribution >= 4 is 16.7 Å². The Bertz CT molecular complexity index is 1250. The molecule has 0 aliphatic rings. The Morgan fingerprint density at radius 1 is 1.03 bits per heavy atom. The Hall–Kier alpha value is -4.08. The fourth-order valence-electron chi connectivity index (χ4n) is 3.14. The lowest BCUT2D eigenvalue weighted by molar-refractivity contribution is -0.123. The van der Waals surface area contributed by atoms with Crippen molar-refractivity contribution in [2.45, 2.75) is 12.6 Å². The number of benzene rings is 2. The highest BCUT2D eigenvalue weighted by Gasteiger charge is 2.23. The van der Waals surface area contributed by atoms with Gasteiger partial charge in [0.2, 0.25) is 5.91 Å². The molecule has 10 nitrogen and oxygen atoms in total. The lowest BCUT2D eigenvalue weighted by Crippen LogP contribution is -2.38. The average molecular weight is 391 g/mol. The van der Waals surface area contributed by atoms with Crippen LogP contribution in [-0.4, -0.2) is 42.4 Å². The van der Waals surface area contributed by atoms with Crippen LogP contribution in [0.2, 0.25) is 0 Å². The first-order chi connectivity index (χ1) is 14.1. The summed E-state index contributed by atoms with van der Waals surface area (Å²) in [6.45, 7) is 0.250. The smallest absolute Gasteiger partial charge is 0.273 e. The number of hydrogen-bond acceptors (Lipinski definition) is 6. The third-order valence-corrected chi connectivity index (χ3v) is 4.51. The molecule has 1 atom stereocenters. The first kappa shape index (κ1) is 18.3. The SMILES string of the molecule is O=C(NCCn1[nH]c(=O)c2ccccc2c1=O)C(c1ccccc1)n1cnnn1. The van der Waals surface area contributed by atoms with E-state index in [9.17, 15) is 14.4 Å². The molecule has 0 aliphatic carbocycles. The van der Waals surface area contributed by atoms with E-state index >= 15 is 0 Å². The summed E-state index contributed by atoms with van der Waals surface area (Å²) in [5.74, 6) is -0.334. The van der Waals surface area contributed by atoms with Gasteiger partial charge in [-0.3, -0.25) is 19.5 Å². The van der Waals surface area contributed by atoms with Gasteiger partial charge < -0.3 is 5.32 Å². The Kier molecular flexibility index (Phi) is 4.97. The van der Waals surface area contributed by atoms with Gasteiger partial charge in [-0.05, 0) is 28.1 Å². The normalized spacial score (nSPS) is 12.0. The van der Waals surface area contributed by atoms with Gasteiger partial charge in [0.25, 0.3) is 11.1 Å². The maximum absolute atomic E-state index is 12.8. The van der Waals surface area contributed by atoms with Crippen molar-refractivity contribution in [3.8, 4) is 0 Å². The number of amides is 1. The molecule has 2 aromatic carbocycles. The monoisotopic (exact) mass is 391 g/mol. The summed E-state index contributed by atoms with van der Waals surface area (Å²) < 4.78 is 2.55. The minimum atomic E-state index is -0.751. The van der Waals surface area contributed by atoms with Gasteiger partial charge in [-0.25, -0.2) is 9.36 Å². The van der Waals surface area contributed by atoms with Crippen LogP contribution in [0.3, 0.4) is 0 Å². The standard InChI is InChI=1S/C19H17N7O3/c27-17-14-8-4-5-9-15(14)19(29)25(22-17)11-10-20-18(28)16(26-12-21-23-24-26)13-6-2-1-3-7-13/h1-9,12,16H,10-11H2,(H,20,28)(H,22,27). The zero-order valence-electron chi connectivity index (χ0n) is 15.2. The number of aromatic amines is 1. The van der Waals surface area contributed by atoms with E-state index in [-0.39, 0.29) is 30.1 Å². The van der Waals surface area contributed by atoms with E-state index in [0.29, 0.717) is 16.3 Å². The van der Waals surface area contributed by atoms with Crippen molar-refractivity contribution in [2.75, 3.05) is 6.54 Å². The fourth-order valence-corrected chi connectivity index (χ4v) is 3.14. The van der Waals surface area contributed by atoms with E-state index in [2.05, 4.69) is 25.9 Å². The van der Waals surface area contributed by atoms with Crippen LogP contribution in [0.15, 0.2) is 70.5 Å². The maximum Gasteiger partial charge on any atom is 0.273 e. The summed E-state index contributed by atoms with van der Waals surface area (Å²) in [5.41, 5.74) is 0.0329. The van der Waals surface area contributed by atoms with Crippen molar-refractivity contribution in [3.63, 3.8) is 0 Å². The second-order valence-corrected chi connectivity index (χ2v) is 6.34. The minimum absolute atomic E-state index is 0.113. The third-order valence-electron chi connectivity index (χ3n) is 4.51. The molecule has 0 saturated carbocycles. The van der Waals surface area contributed by atoms with E-state index in [0.717, 1.165) is 0 Å². The Morgan fingerprint density at radius 2 is 1.76 bits per heavy atom. The first-order valence-electron chi connectivity index (χ1n) is 8.92. The molecule has 0 spiro atoms. The molecule has 2 heterocycles. The largest absolute Gasteiger partial charge is 0.352 e. The lowest BCUT2D eigenvalue weighted by Gasteiger charge is -2.17. The molecule has 0 radical (unpaired) electrons. The van der Waals surface area contributed by atoms with E-state index in [1.165, 1.54) is 15.7 Å². The second kappa shape index (κ2) is 7.89.